The number of hydrogen-bond acceptors (Lipinski definition) is 4. The molecule has 92 valence electrons. The van der Waals surface area contributed by atoms with E-state index in [1.54, 1.807) is 40.2 Å². The third kappa shape index (κ3) is 1.79. The summed E-state index contributed by atoms with van der Waals surface area (Å²) < 4.78 is 4.22. The molecule has 0 radical (unpaired) electrons. The van der Waals surface area contributed by atoms with Crippen molar-refractivity contribution in [3.8, 4) is 0 Å². The third-order valence-corrected chi connectivity index (χ3v) is 4.63. The Kier molecular flexibility index (Phi) is 2.79. The van der Waals surface area contributed by atoms with Crippen molar-refractivity contribution >= 4 is 38.3 Å². The highest BCUT2D eigenvalue weighted by atomic mass is 79.9. The topological polar surface area (TPSA) is 52.7 Å². The minimum atomic E-state index is -0.0617. The van der Waals surface area contributed by atoms with Crippen molar-refractivity contribution in [1.29, 1.82) is 0 Å². The highest BCUT2D eigenvalue weighted by molar-refractivity contribution is 9.10. The quantitative estimate of drug-likeness (QED) is 0.724. The van der Waals surface area contributed by atoms with Crippen LogP contribution in [0.5, 0.6) is 0 Å². The van der Waals surface area contributed by atoms with Gasteiger partial charge in [-0.1, -0.05) is 0 Å². The number of rotatable bonds is 2. The van der Waals surface area contributed by atoms with E-state index in [0.29, 0.717) is 17.6 Å². The van der Waals surface area contributed by atoms with Crippen LogP contribution in [0.15, 0.2) is 33.2 Å². The Hall–Kier alpha value is -1.47. The van der Waals surface area contributed by atoms with Crippen molar-refractivity contribution in [2.24, 2.45) is 7.05 Å². The van der Waals surface area contributed by atoms with Crippen molar-refractivity contribution in [1.82, 2.24) is 19.3 Å². The average Bonchev–Trinajstić information content (AvgIpc) is 2.91. The molecule has 3 rings (SSSR count). The van der Waals surface area contributed by atoms with Gasteiger partial charge in [0.15, 0.2) is 5.65 Å². The standard InChI is InChI=1S/C11H9BrN4OS/c1-15-10-7(4-14-15)11(17)16(6-13-10)5-9-8(12)2-3-18-9/h2-4,6H,5H2,1H3. The van der Waals surface area contributed by atoms with Crippen molar-refractivity contribution in [2.45, 2.75) is 6.54 Å². The molecule has 0 fully saturated rings. The molecular weight excluding hydrogens is 316 g/mol. The summed E-state index contributed by atoms with van der Waals surface area (Å²) in [5.74, 6) is 0. The van der Waals surface area contributed by atoms with E-state index in [9.17, 15) is 4.79 Å². The summed E-state index contributed by atoms with van der Waals surface area (Å²) in [6.07, 6.45) is 3.13. The second kappa shape index (κ2) is 4.33. The summed E-state index contributed by atoms with van der Waals surface area (Å²) in [6, 6.07) is 1.97. The fourth-order valence-electron chi connectivity index (χ4n) is 1.77. The predicted octanol–water partition coefficient (Wildman–Crippen LogP) is 2.00. The molecule has 0 atom stereocenters. The monoisotopic (exact) mass is 324 g/mol. The Balaban J connectivity index is 2.11. The average molecular weight is 325 g/mol. The summed E-state index contributed by atoms with van der Waals surface area (Å²) >= 11 is 5.07. The number of hydrogen-bond donors (Lipinski definition) is 0. The molecule has 0 saturated heterocycles. The molecule has 0 aliphatic heterocycles. The molecule has 3 aromatic heterocycles. The van der Waals surface area contributed by atoms with Crippen LogP contribution in [-0.2, 0) is 13.6 Å². The van der Waals surface area contributed by atoms with Gasteiger partial charge in [0.2, 0.25) is 0 Å². The maximum atomic E-state index is 12.2. The molecule has 5 nitrogen and oxygen atoms in total. The van der Waals surface area contributed by atoms with Crippen LogP contribution in [0, 0.1) is 0 Å². The molecule has 3 heterocycles. The second-order valence-electron chi connectivity index (χ2n) is 3.87. The number of fused-ring (bicyclic) bond motifs is 1. The van der Waals surface area contributed by atoms with Crippen molar-refractivity contribution < 1.29 is 0 Å². The maximum Gasteiger partial charge on any atom is 0.264 e. The molecule has 7 heteroatoms. The van der Waals surface area contributed by atoms with Crippen LogP contribution < -0.4 is 5.56 Å². The van der Waals surface area contributed by atoms with E-state index in [1.807, 2.05) is 11.4 Å². The van der Waals surface area contributed by atoms with Gasteiger partial charge >= 0.3 is 0 Å². The number of aryl methyl sites for hydroxylation is 1. The fourth-order valence-corrected chi connectivity index (χ4v) is 3.25. The van der Waals surface area contributed by atoms with Gasteiger partial charge in [0, 0.05) is 16.4 Å². The van der Waals surface area contributed by atoms with Gasteiger partial charge in [-0.2, -0.15) is 5.10 Å². The highest BCUT2D eigenvalue weighted by Gasteiger charge is 2.09. The van der Waals surface area contributed by atoms with Gasteiger partial charge in [-0.3, -0.25) is 14.0 Å². The molecule has 0 bridgehead atoms. The minimum Gasteiger partial charge on any atom is -0.293 e. The Bertz CT molecular complexity index is 773. The SMILES string of the molecule is Cn1ncc2c(=O)n(Cc3sccc3Br)cnc21. The summed E-state index contributed by atoms with van der Waals surface area (Å²) in [5, 5.41) is 6.58. The smallest absolute Gasteiger partial charge is 0.264 e. The van der Waals surface area contributed by atoms with E-state index >= 15 is 0 Å². The van der Waals surface area contributed by atoms with Gasteiger partial charge in [0.1, 0.15) is 11.7 Å². The first-order chi connectivity index (χ1) is 8.66. The molecule has 0 aliphatic carbocycles. The Morgan fingerprint density at radius 2 is 2.33 bits per heavy atom. The minimum absolute atomic E-state index is 0.0617. The zero-order valence-corrected chi connectivity index (χ0v) is 11.9. The lowest BCUT2D eigenvalue weighted by molar-refractivity contribution is 0.743. The summed E-state index contributed by atoms with van der Waals surface area (Å²) in [4.78, 5) is 17.6. The maximum absolute atomic E-state index is 12.2. The number of aromatic nitrogens is 4. The first-order valence-corrected chi connectivity index (χ1v) is 6.93. The largest absolute Gasteiger partial charge is 0.293 e. The lowest BCUT2D eigenvalue weighted by Crippen LogP contribution is -2.20. The molecule has 0 amide bonds. The number of thiophene rings is 1. The van der Waals surface area contributed by atoms with Crippen LogP contribution >= 0.6 is 27.3 Å². The first kappa shape index (κ1) is 11.6. The van der Waals surface area contributed by atoms with E-state index < -0.39 is 0 Å². The van der Waals surface area contributed by atoms with Crippen molar-refractivity contribution in [3.05, 3.63) is 43.7 Å². The van der Waals surface area contributed by atoms with Gasteiger partial charge in [0.05, 0.1) is 12.7 Å². The zero-order chi connectivity index (χ0) is 12.7. The van der Waals surface area contributed by atoms with Crippen LogP contribution in [0.25, 0.3) is 11.0 Å². The van der Waals surface area contributed by atoms with Gasteiger partial charge in [-0.15, -0.1) is 11.3 Å². The van der Waals surface area contributed by atoms with Crippen molar-refractivity contribution in [3.63, 3.8) is 0 Å². The van der Waals surface area contributed by atoms with Crippen LogP contribution in [0.2, 0.25) is 0 Å². The summed E-state index contributed by atoms with van der Waals surface area (Å²) in [7, 11) is 1.77. The zero-order valence-electron chi connectivity index (χ0n) is 9.50. The van der Waals surface area contributed by atoms with Crippen LogP contribution in [-0.4, -0.2) is 19.3 Å². The van der Waals surface area contributed by atoms with E-state index in [4.69, 9.17) is 0 Å². The fraction of sp³-hybridized carbons (Fsp3) is 0.182. The highest BCUT2D eigenvalue weighted by Crippen LogP contribution is 2.23. The Labute approximate surface area is 115 Å². The lowest BCUT2D eigenvalue weighted by atomic mass is 10.4. The summed E-state index contributed by atoms with van der Waals surface area (Å²) in [5.41, 5.74) is 0.551. The van der Waals surface area contributed by atoms with Gasteiger partial charge < -0.3 is 0 Å². The molecule has 0 unspecified atom stereocenters. The molecule has 0 saturated carbocycles. The summed E-state index contributed by atoms with van der Waals surface area (Å²) in [6.45, 7) is 0.523. The molecule has 3 aromatic rings. The van der Waals surface area contributed by atoms with E-state index in [0.717, 1.165) is 9.35 Å². The van der Waals surface area contributed by atoms with Crippen molar-refractivity contribution in [2.75, 3.05) is 0 Å². The molecule has 0 aliphatic rings. The van der Waals surface area contributed by atoms with Crippen LogP contribution in [0.1, 0.15) is 4.88 Å². The van der Waals surface area contributed by atoms with Gasteiger partial charge in [0.25, 0.3) is 5.56 Å². The Morgan fingerprint density at radius 3 is 3.06 bits per heavy atom. The van der Waals surface area contributed by atoms with Gasteiger partial charge in [-0.25, -0.2) is 4.98 Å². The molecule has 0 spiro atoms. The van der Waals surface area contributed by atoms with E-state index in [1.165, 1.54) is 0 Å². The molecule has 18 heavy (non-hydrogen) atoms. The third-order valence-electron chi connectivity index (χ3n) is 2.72. The number of halogens is 1. The first-order valence-electron chi connectivity index (χ1n) is 5.26. The molecule has 0 aromatic carbocycles. The normalized spacial score (nSPS) is 11.2. The van der Waals surface area contributed by atoms with Crippen LogP contribution in [0.4, 0.5) is 0 Å². The second-order valence-corrected chi connectivity index (χ2v) is 5.73. The lowest BCUT2D eigenvalue weighted by Gasteiger charge is -2.04. The van der Waals surface area contributed by atoms with E-state index in [-0.39, 0.29) is 5.56 Å². The molecular formula is C11H9BrN4OS. The Morgan fingerprint density at radius 1 is 1.50 bits per heavy atom. The number of nitrogens with zero attached hydrogens (tertiary/aromatic N) is 4. The van der Waals surface area contributed by atoms with E-state index in [2.05, 4.69) is 26.0 Å². The molecule has 0 N–H and O–H groups in total. The van der Waals surface area contributed by atoms with Crippen LogP contribution in [0.3, 0.4) is 0 Å². The van der Waals surface area contributed by atoms with Gasteiger partial charge in [-0.05, 0) is 27.4 Å². The predicted molar refractivity (Wildman–Crippen MR) is 73.9 cm³/mol.